The molecule has 0 radical (unpaired) electrons. The molecule has 96 valence electrons. The maximum Gasteiger partial charge on any atom is 0.314 e. The Balaban J connectivity index is 2.21. The second kappa shape index (κ2) is 4.53. The van der Waals surface area contributed by atoms with Crippen LogP contribution in [-0.4, -0.2) is 23.4 Å². The average Bonchev–Trinajstić information content (AvgIpc) is 2.37. The molecule has 1 aromatic rings. The van der Waals surface area contributed by atoms with Gasteiger partial charge in [0.25, 0.3) is 0 Å². The standard InChI is InChI=1S/C14H17NO3/c1-10(11-7-5-4-6-8-11)15-13(17)12(16)14(2,3)9-18-15/h4-8,10H,9H2,1-3H3/t10-/m0/s1. The highest BCUT2D eigenvalue weighted by Crippen LogP contribution is 2.29. The number of amides is 1. The predicted octanol–water partition coefficient (Wildman–Crippen LogP) is 2.12. The molecule has 0 spiro atoms. The number of carbonyl (C=O) groups is 2. The van der Waals surface area contributed by atoms with Gasteiger partial charge in [-0.25, -0.2) is 5.06 Å². The molecule has 0 N–H and O–H groups in total. The van der Waals surface area contributed by atoms with Gasteiger partial charge >= 0.3 is 5.91 Å². The van der Waals surface area contributed by atoms with Gasteiger partial charge in [-0.15, -0.1) is 0 Å². The lowest BCUT2D eigenvalue weighted by Crippen LogP contribution is -2.52. The van der Waals surface area contributed by atoms with Crippen molar-refractivity contribution in [2.75, 3.05) is 6.61 Å². The normalized spacial score (nSPS) is 20.9. The first-order valence-corrected chi connectivity index (χ1v) is 5.99. The van der Waals surface area contributed by atoms with Crippen molar-refractivity contribution < 1.29 is 14.4 Å². The Labute approximate surface area is 106 Å². The summed E-state index contributed by atoms with van der Waals surface area (Å²) in [6.45, 7) is 5.52. The molecule has 0 bridgehead atoms. The smallest absolute Gasteiger partial charge is 0.288 e. The minimum Gasteiger partial charge on any atom is -0.288 e. The third kappa shape index (κ3) is 2.16. The number of Topliss-reactive ketones (excluding diaryl/α,β-unsaturated/α-hetero) is 1. The number of ketones is 1. The SMILES string of the molecule is C[C@@H](c1ccccc1)N1OCC(C)(C)C(=O)C1=O. The van der Waals surface area contributed by atoms with Gasteiger partial charge in [0, 0.05) is 0 Å². The number of carbonyl (C=O) groups excluding carboxylic acids is 2. The molecule has 4 heteroatoms. The molecular formula is C14H17NO3. The van der Waals surface area contributed by atoms with E-state index in [-0.39, 0.29) is 12.6 Å². The first-order chi connectivity index (χ1) is 8.43. The van der Waals surface area contributed by atoms with Gasteiger partial charge in [-0.3, -0.25) is 14.4 Å². The van der Waals surface area contributed by atoms with Gasteiger partial charge in [-0.05, 0) is 12.5 Å². The van der Waals surface area contributed by atoms with Crippen LogP contribution in [0, 0.1) is 5.41 Å². The highest BCUT2D eigenvalue weighted by atomic mass is 16.7. The zero-order valence-electron chi connectivity index (χ0n) is 10.8. The van der Waals surface area contributed by atoms with Crippen LogP contribution in [0.25, 0.3) is 0 Å². The van der Waals surface area contributed by atoms with Crippen molar-refractivity contribution in [2.24, 2.45) is 5.41 Å². The van der Waals surface area contributed by atoms with Gasteiger partial charge in [-0.2, -0.15) is 0 Å². The fraction of sp³-hybridized carbons (Fsp3) is 0.429. The molecule has 0 saturated carbocycles. The maximum absolute atomic E-state index is 12.0. The number of hydrogen-bond acceptors (Lipinski definition) is 3. The number of nitrogens with zero attached hydrogens (tertiary/aromatic N) is 1. The minimum absolute atomic E-state index is 0.231. The van der Waals surface area contributed by atoms with E-state index in [2.05, 4.69) is 0 Å². The molecule has 1 amide bonds. The quantitative estimate of drug-likeness (QED) is 0.752. The van der Waals surface area contributed by atoms with E-state index in [0.717, 1.165) is 5.56 Å². The van der Waals surface area contributed by atoms with Crippen molar-refractivity contribution >= 4 is 11.7 Å². The van der Waals surface area contributed by atoms with Crippen molar-refractivity contribution in [1.29, 1.82) is 0 Å². The third-order valence-corrected chi connectivity index (χ3v) is 3.21. The molecule has 1 atom stereocenters. The number of rotatable bonds is 2. The van der Waals surface area contributed by atoms with Crippen LogP contribution < -0.4 is 0 Å². The van der Waals surface area contributed by atoms with Gasteiger partial charge in [0.15, 0.2) is 0 Å². The van der Waals surface area contributed by atoms with Crippen molar-refractivity contribution in [1.82, 2.24) is 5.06 Å². The zero-order chi connectivity index (χ0) is 13.3. The minimum atomic E-state index is -0.732. The van der Waals surface area contributed by atoms with Gasteiger partial charge in [0.2, 0.25) is 5.78 Å². The molecule has 1 aromatic carbocycles. The topological polar surface area (TPSA) is 46.6 Å². The lowest BCUT2D eigenvalue weighted by atomic mass is 9.87. The summed E-state index contributed by atoms with van der Waals surface area (Å²) in [5, 5.41) is 1.18. The highest BCUT2D eigenvalue weighted by molar-refractivity contribution is 6.38. The van der Waals surface area contributed by atoms with Crippen molar-refractivity contribution in [3.05, 3.63) is 35.9 Å². The van der Waals surface area contributed by atoms with E-state index in [1.54, 1.807) is 13.8 Å². The summed E-state index contributed by atoms with van der Waals surface area (Å²) < 4.78 is 0. The Morgan fingerprint density at radius 3 is 2.44 bits per heavy atom. The summed E-state index contributed by atoms with van der Waals surface area (Å²) in [6.07, 6.45) is 0. The Morgan fingerprint density at radius 1 is 1.22 bits per heavy atom. The molecule has 18 heavy (non-hydrogen) atoms. The van der Waals surface area contributed by atoms with E-state index in [1.165, 1.54) is 5.06 Å². The van der Waals surface area contributed by atoms with Crippen molar-refractivity contribution in [3.63, 3.8) is 0 Å². The predicted molar refractivity (Wildman–Crippen MR) is 66.4 cm³/mol. The molecular weight excluding hydrogens is 230 g/mol. The summed E-state index contributed by atoms with van der Waals surface area (Å²) in [5.41, 5.74) is 0.211. The first-order valence-electron chi connectivity index (χ1n) is 5.99. The van der Waals surface area contributed by atoms with Crippen LogP contribution in [0.2, 0.25) is 0 Å². The number of hydrogen-bond donors (Lipinski definition) is 0. The van der Waals surface area contributed by atoms with Crippen LogP contribution in [-0.2, 0) is 14.4 Å². The van der Waals surface area contributed by atoms with Crippen molar-refractivity contribution in [2.45, 2.75) is 26.8 Å². The van der Waals surface area contributed by atoms with Crippen molar-refractivity contribution in [3.8, 4) is 0 Å². The summed E-state index contributed by atoms with van der Waals surface area (Å²) in [5.74, 6) is -0.959. The van der Waals surface area contributed by atoms with E-state index >= 15 is 0 Å². The zero-order valence-corrected chi connectivity index (χ0v) is 10.8. The van der Waals surface area contributed by atoms with Gasteiger partial charge in [0.1, 0.15) is 0 Å². The van der Waals surface area contributed by atoms with Crippen LogP contribution in [0.15, 0.2) is 30.3 Å². The van der Waals surface area contributed by atoms with Gasteiger partial charge in [0.05, 0.1) is 18.1 Å². The molecule has 1 saturated heterocycles. The Bertz CT molecular complexity index is 467. The Kier molecular flexibility index (Phi) is 3.22. The van der Waals surface area contributed by atoms with Crippen LogP contribution in [0.4, 0.5) is 0 Å². The molecule has 0 aliphatic carbocycles. The molecule has 1 aliphatic heterocycles. The van der Waals surface area contributed by atoms with E-state index in [1.807, 2.05) is 37.3 Å². The van der Waals surface area contributed by atoms with E-state index < -0.39 is 17.1 Å². The van der Waals surface area contributed by atoms with Gasteiger partial charge in [-0.1, -0.05) is 44.2 Å². The molecule has 0 unspecified atom stereocenters. The van der Waals surface area contributed by atoms with Crippen LogP contribution in [0.5, 0.6) is 0 Å². The summed E-state index contributed by atoms with van der Waals surface area (Å²) in [4.78, 5) is 29.4. The highest BCUT2D eigenvalue weighted by Gasteiger charge is 2.43. The van der Waals surface area contributed by atoms with Crippen LogP contribution in [0.1, 0.15) is 32.4 Å². The second-order valence-electron chi connectivity index (χ2n) is 5.20. The largest absolute Gasteiger partial charge is 0.314 e. The molecule has 1 aliphatic rings. The van der Waals surface area contributed by atoms with E-state index in [4.69, 9.17) is 4.84 Å². The molecule has 1 heterocycles. The Hall–Kier alpha value is -1.68. The molecule has 0 aromatic heterocycles. The number of hydroxylamine groups is 2. The molecule has 4 nitrogen and oxygen atoms in total. The summed E-state index contributed by atoms with van der Waals surface area (Å²) in [6, 6.07) is 9.25. The molecule has 2 rings (SSSR count). The van der Waals surface area contributed by atoms with Gasteiger partial charge < -0.3 is 0 Å². The van der Waals surface area contributed by atoms with E-state index in [0.29, 0.717) is 0 Å². The fourth-order valence-corrected chi connectivity index (χ4v) is 1.90. The van der Waals surface area contributed by atoms with Crippen LogP contribution in [0.3, 0.4) is 0 Å². The summed E-state index contributed by atoms with van der Waals surface area (Å²) in [7, 11) is 0. The average molecular weight is 247 g/mol. The summed E-state index contributed by atoms with van der Waals surface area (Å²) >= 11 is 0. The third-order valence-electron chi connectivity index (χ3n) is 3.21. The maximum atomic E-state index is 12.0. The van der Waals surface area contributed by atoms with Crippen LogP contribution >= 0.6 is 0 Å². The fourth-order valence-electron chi connectivity index (χ4n) is 1.90. The monoisotopic (exact) mass is 247 g/mol. The number of benzene rings is 1. The first kappa shape index (κ1) is 12.8. The second-order valence-corrected chi connectivity index (χ2v) is 5.20. The molecule has 1 fully saturated rings. The lowest BCUT2D eigenvalue weighted by Gasteiger charge is -2.37. The van der Waals surface area contributed by atoms with E-state index in [9.17, 15) is 9.59 Å². The lowest BCUT2D eigenvalue weighted by molar-refractivity contribution is -0.225. The Morgan fingerprint density at radius 2 is 1.83 bits per heavy atom.